The Morgan fingerprint density at radius 1 is 1.19 bits per heavy atom. The van der Waals surface area contributed by atoms with Gasteiger partial charge >= 0.3 is 0 Å². The number of hydrogen-bond donors (Lipinski definition) is 1. The van der Waals surface area contributed by atoms with Crippen molar-refractivity contribution >= 4 is 32.9 Å². The fourth-order valence-electron chi connectivity index (χ4n) is 3.31. The third kappa shape index (κ3) is 6.21. The zero-order valence-corrected chi connectivity index (χ0v) is 17.7. The van der Waals surface area contributed by atoms with E-state index in [0.29, 0.717) is 11.5 Å². The molecule has 0 spiro atoms. The van der Waals surface area contributed by atoms with Gasteiger partial charge in [-0.3, -0.25) is 0 Å². The summed E-state index contributed by atoms with van der Waals surface area (Å²) in [5, 5.41) is 3.91. The van der Waals surface area contributed by atoms with Crippen molar-refractivity contribution in [1.82, 2.24) is 9.80 Å². The standard InChI is InChI=1S/C19H31N3O2S2/c1-4-21(5-2)12-6-13-22(18-11-14-26(23,24)15-18)19(25)20-17-9-7-16(3)8-10-17/h7-10,18H,4-6,11-15H2,1-3H3,(H,20,25)/t18-/m0/s1. The molecule has 1 aromatic rings. The van der Waals surface area contributed by atoms with Gasteiger partial charge in [-0.25, -0.2) is 8.42 Å². The van der Waals surface area contributed by atoms with E-state index >= 15 is 0 Å². The van der Waals surface area contributed by atoms with Crippen molar-refractivity contribution in [2.75, 3.05) is 43.0 Å². The lowest BCUT2D eigenvalue weighted by Gasteiger charge is -2.32. The Kier molecular flexibility index (Phi) is 7.85. The van der Waals surface area contributed by atoms with E-state index in [2.05, 4.69) is 29.0 Å². The first-order valence-corrected chi connectivity index (χ1v) is 11.6. The Morgan fingerprint density at radius 3 is 2.38 bits per heavy atom. The van der Waals surface area contributed by atoms with Crippen LogP contribution in [0.5, 0.6) is 0 Å². The van der Waals surface area contributed by atoms with Gasteiger partial charge < -0.3 is 15.1 Å². The number of nitrogens with one attached hydrogen (secondary N) is 1. The minimum Gasteiger partial charge on any atom is -0.345 e. The van der Waals surface area contributed by atoms with Crippen LogP contribution in [0, 0.1) is 6.92 Å². The quantitative estimate of drug-likeness (QED) is 0.681. The summed E-state index contributed by atoms with van der Waals surface area (Å²) < 4.78 is 23.9. The molecule has 2 rings (SSSR count). The fourth-order valence-corrected chi connectivity index (χ4v) is 5.40. The Morgan fingerprint density at radius 2 is 1.85 bits per heavy atom. The number of rotatable bonds is 8. The van der Waals surface area contributed by atoms with Crippen LogP contribution in [0.2, 0.25) is 0 Å². The summed E-state index contributed by atoms with van der Waals surface area (Å²) in [5.74, 6) is 0.464. The monoisotopic (exact) mass is 397 g/mol. The van der Waals surface area contributed by atoms with Crippen LogP contribution in [-0.2, 0) is 9.84 Å². The molecule has 0 radical (unpaired) electrons. The van der Waals surface area contributed by atoms with Crippen LogP contribution in [-0.4, -0.2) is 67.1 Å². The molecule has 1 N–H and O–H groups in total. The van der Waals surface area contributed by atoms with Crippen LogP contribution in [0.25, 0.3) is 0 Å². The third-order valence-corrected chi connectivity index (χ3v) is 7.07. The average Bonchev–Trinajstić information content (AvgIpc) is 2.96. The number of benzene rings is 1. The van der Waals surface area contributed by atoms with Crippen molar-refractivity contribution in [2.45, 2.75) is 39.7 Å². The largest absolute Gasteiger partial charge is 0.345 e. The SMILES string of the molecule is CCN(CC)CCCN(C(=S)Nc1ccc(C)cc1)[C@H]1CCS(=O)(=O)C1. The Hall–Kier alpha value is -1.18. The molecule has 0 saturated carbocycles. The van der Waals surface area contributed by atoms with E-state index in [-0.39, 0.29) is 17.5 Å². The zero-order chi connectivity index (χ0) is 19.2. The lowest BCUT2D eigenvalue weighted by molar-refractivity contribution is 0.267. The van der Waals surface area contributed by atoms with Gasteiger partial charge in [0.15, 0.2) is 14.9 Å². The van der Waals surface area contributed by atoms with Gasteiger partial charge in [-0.05, 0) is 63.8 Å². The molecule has 0 bridgehead atoms. The van der Waals surface area contributed by atoms with Gasteiger partial charge in [0.2, 0.25) is 0 Å². The van der Waals surface area contributed by atoms with E-state index in [9.17, 15) is 8.42 Å². The summed E-state index contributed by atoms with van der Waals surface area (Å²) in [6.45, 7) is 10.2. The maximum Gasteiger partial charge on any atom is 0.173 e. The zero-order valence-electron chi connectivity index (χ0n) is 16.1. The van der Waals surface area contributed by atoms with E-state index in [1.54, 1.807) is 0 Å². The Bertz CT molecular complexity index is 685. The van der Waals surface area contributed by atoms with Gasteiger partial charge in [-0.15, -0.1) is 0 Å². The number of nitrogens with zero attached hydrogens (tertiary/aromatic N) is 2. The molecule has 7 heteroatoms. The van der Waals surface area contributed by atoms with Crippen LogP contribution in [0.1, 0.15) is 32.3 Å². The fraction of sp³-hybridized carbons (Fsp3) is 0.632. The van der Waals surface area contributed by atoms with Crippen molar-refractivity contribution in [1.29, 1.82) is 0 Å². The predicted molar refractivity (Wildman–Crippen MR) is 114 cm³/mol. The second-order valence-corrected chi connectivity index (χ2v) is 9.54. The van der Waals surface area contributed by atoms with E-state index in [0.717, 1.165) is 38.3 Å². The second kappa shape index (κ2) is 9.67. The van der Waals surface area contributed by atoms with E-state index < -0.39 is 9.84 Å². The Labute approximate surface area is 163 Å². The van der Waals surface area contributed by atoms with Gasteiger partial charge in [0.1, 0.15) is 0 Å². The molecule has 0 aromatic heterocycles. The second-order valence-electron chi connectivity index (χ2n) is 6.93. The molecule has 0 aliphatic carbocycles. The minimum absolute atomic E-state index is 0.0258. The van der Waals surface area contributed by atoms with Crippen molar-refractivity contribution in [3.63, 3.8) is 0 Å². The molecule has 26 heavy (non-hydrogen) atoms. The number of aryl methyl sites for hydroxylation is 1. The topological polar surface area (TPSA) is 52.6 Å². The van der Waals surface area contributed by atoms with Crippen molar-refractivity contribution in [3.8, 4) is 0 Å². The molecular weight excluding hydrogens is 366 g/mol. The van der Waals surface area contributed by atoms with Gasteiger partial charge in [0, 0.05) is 18.3 Å². The van der Waals surface area contributed by atoms with Crippen LogP contribution in [0.4, 0.5) is 5.69 Å². The van der Waals surface area contributed by atoms with E-state index in [4.69, 9.17) is 12.2 Å². The van der Waals surface area contributed by atoms with E-state index in [1.807, 2.05) is 31.2 Å². The molecule has 1 aliphatic rings. The summed E-state index contributed by atoms with van der Waals surface area (Å²) in [6, 6.07) is 8.05. The van der Waals surface area contributed by atoms with Crippen molar-refractivity contribution in [3.05, 3.63) is 29.8 Å². The van der Waals surface area contributed by atoms with Gasteiger partial charge in [0.25, 0.3) is 0 Å². The number of sulfone groups is 1. The molecule has 0 amide bonds. The van der Waals surface area contributed by atoms with Crippen molar-refractivity contribution in [2.24, 2.45) is 0 Å². The maximum atomic E-state index is 11.9. The van der Waals surface area contributed by atoms with Crippen LogP contribution >= 0.6 is 12.2 Å². The number of anilines is 1. The highest BCUT2D eigenvalue weighted by Crippen LogP contribution is 2.20. The summed E-state index contributed by atoms with van der Waals surface area (Å²) in [4.78, 5) is 4.46. The smallest absolute Gasteiger partial charge is 0.173 e. The number of hydrogen-bond acceptors (Lipinski definition) is 4. The van der Waals surface area contributed by atoms with Crippen molar-refractivity contribution < 1.29 is 8.42 Å². The third-order valence-electron chi connectivity index (χ3n) is 4.98. The Balaban J connectivity index is 2.03. The van der Waals surface area contributed by atoms with Crippen LogP contribution in [0.3, 0.4) is 0 Å². The first-order chi connectivity index (χ1) is 12.3. The van der Waals surface area contributed by atoms with Gasteiger partial charge in [0.05, 0.1) is 11.5 Å². The highest BCUT2D eigenvalue weighted by molar-refractivity contribution is 7.91. The highest BCUT2D eigenvalue weighted by atomic mass is 32.2. The lowest BCUT2D eigenvalue weighted by atomic mass is 10.2. The maximum absolute atomic E-state index is 11.9. The van der Waals surface area contributed by atoms with Gasteiger partial charge in [-0.2, -0.15) is 0 Å². The predicted octanol–water partition coefficient (Wildman–Crippen LogP) is 2.91. The average molecular weight is 398 g/mol. The normalized spacial score (nSPS) is 18.8. The number of thiocarbonyl (C=S) groups is 1. The molecule has 0 unspecified atom stereocenters. The molecule has 1 saturated heterocycles. The summed E-state index contributed by atoms with van der Waals surface area (Å²) in [6.07, 6.45) is 1.62. The van der Waals surface area contributed by atoms with Crippen LogP contribution < -0.4 is 5.32 Å². The molecule has 1 fully saturated rings. The minimum atomic E-state index is -2.94. The first kappa shape index (κ1) is 21.1. The van der Waals surface area contributed by atoms with Gasteiger partial charge in [-0.1, -0.05) is 31.5 Å². The molecule has 1 heterocycles. The highest BCUT2D eigenvalue weighted by Gasteiger charge is 2.33. The molecule has 1 aliphatic heterocycles. The summed E-state index contributed by atoms with van der Waals surface area (Å²) >= 11 is 5.64. The first-order valence-electron chi connectivity index (χ1n) is 9.41. The molecule has 1 atom stereocenters. The lowest BCUT2D eigenvalue weighted by Crippen LogP contribution is -2.44. The molecule has 146 valence electrons. The molecule has 5 nitrogen and oxygen atoms in total. The molecular formula is C19H31N3O2S2. The summed E-state index contributed by atoms with van der Waals surface area (Å²) in [7, 11) is -2.94. The van der Waals surface area contributed by atoms with Crippen LogP contribution in [0.15, 0.2) is 24.3 Å². The van der Waals surface area contributed by atoms with E-state index in [1.165, 1.54) is 5.56 Å². The molecule has 1 aromatic carbocycles. The summed E-state index contributed by atoms with van der Waals surface area (Å²) in [5.41, 5.74) is 2.13.